The molecule has 1 saturated heterocycles. The molecule has 1 amide bonds. The number of benzene rings is 2. The predicted molar refractivity (Wildman–Crippen MR) is 139 cm³/mol. The van der Waals surface area contributed by atoms with Crippen LogP contribution in [0.1, 0.15) is 65.8 Å². The molecule has 1 aromatic heterocycles. The Morgan fingerprint density at radius 3 is 2.60 bits per heavy atom. The van der Waals surface area contributed by atoms with Gasteiger partial charge < -0.3 is 15.0 Å². The lowest BCUT2D eigenvalue weighted by Gasteiger charge is -2.38. The first-order valence-electron chi connectivity index (χ1n) is 13.0. The zero-order chi connectivity index (χ0) is 24.2. The van der Waals surface area contributed by atoms with Crippen molar-refractivity contribution < 1.29 is 9.53 Å². The quantitative estimate of drug-likeness (QED) is 0.564. The Kier molecular flexibility index (Phi) is 7.40. The number of methoxy groups -OCH3 is 1. The van der Waals surface area contributed by atoms with E-state index in [9.17, 15) is 4.79 Å². The van der Waals surface area contributed by atoms with Gasteiger partial charge in [-0.25, -0.2) is 9.97 Å². The molecule has 1 saturated carbocycles. The van der Waals surface area contributed by atoms with E-state index in [-0.39, 0.29) is 5.91 Å². The van der Waals surface area contributed by atoms with Gasteiger partial charge in [0.2, 0.25) is 0 Å². The summed E-state index contributed by atoms with van der Waals surface area (Å²) in [4.78, 5) is 24.3. The summed E-state index contributed by atoms with van der Waals surface area (Å²) in [6, 6.07) is 15.7. The zero-order valence-electron chi connectivity index (χ0n) is 20.9. The van der Waals surface area contributed by atoms with E-state index in [1.165, 1.54) is 35.6 Å². The molecule has 6 heteroatoms. The molecule has 5 rings (SSSR count). The summed E-state index contributed by atoms with van der Waals surface area (Å²) in [6.07, 6.45) is 9.31. The maximum Gasteiger partial charge on any atom is 0.272 e. The summed E-state index contributed by atoms with van der Waals surface area (Å²) in [5.74, 6) is 0.0237. The minimum atomic E-state index is 0.0237. The van der Waals surface area contributed by atoms with Gasteiger partial charge in [0, 0.05) is 44.3 Å². The predicted octanol–water partition coefficient (Wildman–Crippen LogP) is 4.68. The Balaban J connectivity index is 1.22. The van der Waals surface area contributed by atoms with Crippen LogP contribution in [0.4, 0.5) is 0 Å². The first-order chi connectivity index (χ1) is 17.1. The van der Waals surface area contributed by atoms with Crippen LogP contribution in [0, 0.1) is 6.92 Å². The lowest BCUT2D eigenvalue weighted by molar-refractivity contribution is 0.0329. The lowest BCUT2D eigenvalue weighted by atomic mass is 9.90. The highest BCUT2D eigenvalue weighted by Gasteiger charge is 2.30. The fourth-order valence-electron chi connectivity index (χ4n) is 5.69. The fourth-order valence-corrected chi connectivity index (χ4v) is 5.69. The monoisotopic (exact) mass is 472 g/mol. The van der Waals surface area contributed by atoms with Crippen LogP contribution in [-0.4, -0.2) is 59.2 Å². The third-order valence-corrected chi connectivity index (χ3v) is 7.81. The van der Waals surface area contributed by atoms with Crippen molar-refractivity contribution >= 4 is 16.7 Å². The van der Waals surface area contributed by atoms with Crippen molar-refractivity contribution in [2.45, 2.75) is 70.1 Å². The van der Waals surface area contributed by atoms with E-state index >= 15 is 0 Å². The Hall–Kier alpha value is -2.83. The van der Waals surface area contributed by atoms with Gasteiger partial charge in [-0.05, 0) is 48.9 Å². The number of aromatic nitrogens is 2. The molecule has 1 N–H and O–H groups in total. The first-order valence-corrected chi connectivity index (χ1v) is 13.0. The van der Waals surface area contributed by atoms with Gasteiger partial charge in [-0.2, -0.15) is 0 Å². The maximum absolute atomic E-state index is 13.4. The number of nitrogens with one attached hydrogen (secondary N) is 1. The van der Waals surface area contributed by atoms with Gasteiger partial charge >= 0.3 is 0 Å². The largest absolute Gasteiger partial charge is 0.380 e. The second-order valence-electron chi connectivity index (χ2n) is 10.1. The highest BCUT2D eigenvalue weighted by Crippen LogP contribution is 2.24. The third kappa shape index (κ3) is 5.39. The van der Waals surface area contributed by atoms with Crippen molar-refractivity contribution in [3.05, 3.63) is 71.3 Å². The Morgan fingerprint density at radius 1 is 1.03 bits per heavy atom. The zero-order valence-corrected chi connectivity index (χ0v) is 20.9. The smallest absolute Gasteiger partial charge is 0.272 e. The molecule has 2 atom stereocenters. The molecule has 1 aliphatic heterocycles. The molecule has 1 aliphatic carbocycles. The van der Waals surface area contributed by atoms with E-state index in [0.29, 0.717) is 30.3 Å². The topological polar surface area (TPSA) is 67.3 Å². The van der Waals surface area contributed by atoms with E-state index < -0.39 is 0 Å². The van der Waals surface area contributed by atoms with Crippen LogP contribution in [0.25, 0.3) is 10.8 Å². The van der Waals surface area contributed by atoms with E-state index in [4.69, 9.17) is 4.74 Å². The van der Waals surface area contributed by atoms with Crippen molar-refractivity contribution in [2.24, 2.45) is 0 Å². The van der Waals surface area contributed by atoms with Crippen molar-refractivity contribution in [3.8, 4) is 0 Å². The molecule has 35 heavy (non-hydrogen) atoms. The Morgan fingerprint density at radius 2 is 1.80 bits per heavy atom. The number of fused-ring (bicyclic) bond motifs is 1. The number of carbonyl (C=O) groups excluding carboxylic acids is 1. The summed E-state index contributed by atoms with van der Waals surface area (Å²) < 4.78 is 5.71. The van der Waals surface area contributed by atoms with Crippen molar-refractivity contribution in [3.63, 3.8) is 0 Å². The van der Waals surface area contributed by atoms with Crippen LogP contribution >= 0.6 is 0 Å². The molecule has 0 radical (unpaired) electrons. The molecule has 3 aromatic rings. The molecule has 6 nitrogen and oxygen atoms in total. The number of likely N-dealkylation sites (tertiary alicyclic amines) is 1. The SMILES string of the molecule is CO[C@H]1CCCC[C@H]1NC1CCN(C(=O)c2ncnc(Cc3ccc4ccccc4c3)c2C)CC1. The summed E-state index contributed by atoms with van der Waals surface area (Å²) in [6.45, 7) is 3.49. The number of carbonyl (C=O) groups is 1. The Bertz CT molecular complexity index is 1170. The van der Waals surface area contributed by atoms with Crippen LogP contribution < -0.4 is 5.32 Å². The number of nitrogens with zero attached hydrogens (tertiary/aromatic N) is 3. The van der Waals surface area contributed by atoms with Crippen LogP contribution in [0.2, 0.25) is 0 Å². The first kappa shape index (κ1) is 23.9. The molecule has 2 aromatic carbocycles. The number of ether oxygens (including phenoxy) is 1. The average Bonchev–Trinajstić information content (AvgIpc) is 2.90. The molecular formula is C29H36N4O2. The second-order valence-corrected chi connectivity index (χ2v) is 10.1. The minimum absolute atomic E-state index is 0.0237. The molecule has 0 spiro atoms. The molecular weight excluding hydrogens is 436 g/mol. The summed E-state index contributed by atoms with van der Waals surface area (Å²) in [7, 11) is 1.82. The summed E-state index contributed by atoms with van der Waals surface area (Å²) >= 11 is 0. The van der Waals surface area contributed by atoms with Crippen molar-refractivity contribution in [2.75, 3.05) is 20.2 Å². The van der Waals surface area contributed by atoms with Gasteiger partial charge in [0.15, 0.2) is 0 Å². The lowest BCUT2D eigenvalue weighted by Crippen LogP contribution is -2.52. The number of amides is 1. The average molecular weight is 473 g/mol. The Labute approximate surface area is 208 Å². The molecule has 184 valence electrons. The number of piperidine rings is 1. The van der Waals surface area contributed by atoms with Crippen LogP contribution in [-0.2, 0) is 11.2 Å². The number of rotatable bonds is 6. The molecule has 0 unspecified atom stereocenters. The van der Waals surface area contributed by atoms with Gasteiger partial charge in [-0.15, -0.1) is 0 Å². The number of hydrogen-bond donors (Lipinski definition) is 1. The second kappa shape index (κ2) is 10.8. The van der Waals surface area contributed by atoms with E-state index in [2.05, 4.69) is 57.7 Å². The molecule has 0 bridgehead atoms. The fraction of sp³-hybridized carbons (Fsp3) is 0.483. The normalized spacial score (nSPS) is 21.4. The summed E-state index contributed by atoms with van der Waals surface area (Å²) in [5.41, 5.74) is 3.52. The van der Waals surface area contributed by atoms with Crippen LogP contribution in [0.5, 0.6) is 0 Å². The molecule has 2 heterocycles. The number of hydrogen-bond acceptors (Lipinski definition) is 5. The highest BCUT2D eigenvalue weighted by molar-refractivity contribution is 5.94. The van der Waals surface area contributed by atoms with Crippen molar-refractivity contribution in [1.29, 1.82) is 0 Å². The van der Waals surface area contributed by atoms with Crippen LogP contribution in [0.3, 0.4) is 0 Å². The summed E-state index contributed by atoms with van der Waals surface area (Å²) in [5, 5.41) is 6.27. The van der Waals surface area contributed by atoms with Crippen LogP contribution in [0.15, 0.2) is 48.8 Å². The van der Waals surface area contributed by atoms with Gasteiger partial charge in [0.1, 0.15) is 12.0 Å². The van der Waals surface area contributed by atoms with E-state index in [1.807, 2.05) is 18.9 Å². The maximum atomic E-state index is 13.4. The highest BCUT2D eigenvalue weighted by atomic mass is 16.5. The van der Waals surface area contributed by atoms with Gasteiger partial charge in [0.25, 0.3) is 5.91 Å². The minimum Gasteiger partial charge on any atom is -0.380 e. The molecule has 2 aliphatic rings. The van der Waals surface area contributed by atoms with E-state index in [0.717, 1.165) is 43.6 Å². The van der Waals surface area contributed by atoms with Gasteiger partial charge in [0.05, 0.1) is 11.8 Å². The van der Waals surface area contributed by atoms with Gasteiger partial charge in [-0.3, -0.25) is 4.79 Å². The van der Waals surface area contributed by atoms with Gasteiger partial charge in [-0.1, -0.05) is 55.3 Å². The molecule has 2 fully saturated rings. The van der Waals surface area contributed by atoms with E-state index in [1.54, 1.807) is 6.33 Å². The standard InChI is InChI=1S/C29H36N4O2/c1-20-26(18-21-11-12-22-7-3-4-8-23(22)17-21)30-19-31-28(20)29(34)33-15-13-24(14-16-33)32-25-9-5-6-10-27(25)35-2/h3-4,7-8,11-12,17,19,24-25,27,32H,5-6,9-10,13-16,18H2,1-2H3/t25-,27+/m1/s1. The van der Waals surface area contributed by atoms with Crippen molar-refractivity contribution in [1.82, 2.24) is 20.2 Å². The third-order valence-electron chi connectivity index (χ3n) is 7.81.